The SMILES string of the molecule is C=CC(=O)Nc1ccc(CCC(=O)Nc2cccc(NC(=O)OC(C)(C)C)c2)cc1. The van der Waals surface area contributed by atoms with Crippen molar-refractivity contribution in [3.05, 3.63) is 66.7 Å². The van der Waals surface area contributed by atoms with Gasteiger partial charge in [0.05, 0.1) is 0 Å². The molecule has 7 nitrogen and oxygen atoms in total. The van der Waals surface area contributed by atoms with Crippen molar-refractivity contribution in [3.8, 4) is 0 Å². The van der Waals surface area contributed by atoms with E-state index in [9.17, 15) is 14.4 Å². The lowest BCUT2D eigenvalue weighted by Gasteiger charge is -2.19. The van der Waals surface area contributed by atoms with Crippen molar-refractivity contribution in [2.24, 2.45) is 0 Å². The van der Waals surface area contributed by atoms with Gasteiger partial charge in [-0.3, -0.25) is 14.9 Å². The van der Waals surface area contributed by atoms with E-state index in [1.165, 1.54) is 6.08 Å². The first-order valence-corrected chi connectivity index (χ1v) is 9.57. The second kappa shape index (κ2) is 10.2. The number of hydrogen-bond donors (Lipinski definition) is 3. The van der Waals surface area contributed by atoms with E-state index >= 15 is 0 Å². The Morgan fingerprint density at radius 3 is 2.17 bits per heavy atom. The molecule has 0 spiro atoms. The molecule has 0 aliphatic carbocycles. The van der Waals surface area contributed by atoms with Gasteiger partial charge in [0.25, 0.3) is 0 Å². The molecule has 0 saturated heterocycles. The molecule has 7 heteroatoms. The highest BCUT2D eigenvalue weighted by Gasteiger charge is 2.16. The van der Waals surface area contributed by atoms with E-state index < -0.39 is 11.7 Å². The van der Waals surface area contributed by atoms with Crippen LogP contribution in [0.25, 0.3) is 0 Å². The Kier molecular flexibility index (Phi) is 7.75. The number of rotatable bonds is 7. The van der Waals surface area contributed by atoms with Crippen LogP contribution < -0.4 is 16.0 Å². The molecule has 0 bridgehead atoms. The Balaban J connectivity index is 1.85. The molecule has 0 heterocycles. The van der Waals surface area contributed by atoms with Crippen LogP contribution in [0.4, 0.5) is 21.9 Å². The summed E-state index contributed by atoms with van der Waals surface area (Å²) in [6, 6.07) is 14.1. The van der Waals surface area contributed by atoms with Crippen molar-refractivity contribution in [2.45, 2.75) is 39.2 Å². The summed E-state index contributed by atoms with van der Waals surface area (Å²) in [5, 5.41) is 8.14. The first kappa shape index (κ1) is 22.7. The Morgan fingerprint density at radius 1 is 0.933 bits per heavy atom. The molecule has 2 aromatic rings. The van der Waals surface area contributed by atoms with Gasteiger partial charge in [0.1, 0.15) is 5.60 Å². The van der Waals surface area contributed by atoms with Gasteiger partial charge in [-0.05, 0) is 69.2 Å². The van der Waals surface area contributed by atoms with E-state index in [0.29, 0.717) is 29.9 Å². The molecule has 0 saturated carbocycles. The molecule has 0 unspecified atom stereocenters. The molecule has 3 amide bonds. The number of aryl methyl sites for hydroxylation is 1. The lowest BCUT2D eigenvalue weighted by atomic mass is 10.1. The molecule has 0 aromatic heterocycles. The fourth-order valence-corrected chi connectivity index (χ4v) is 2.53. The molecule has 0 fully saturated rings. The number of anilines is 3. The predicted octanol–water partition coefficient (Wildman–Crippen LogP) is 4.73. The number of carbonyl (C=O) groups is 3. The number of amides is 3. The third-order valence-corrected chi connectivity index (χ3v) is 3.84. The molecule has 0 atom stereocenters. The minimum atomic E-state index is -0.592. The summed E-state index contributed by atoms with van der Waals surface area (Å²) in [7, 11) is 0. The Labute approximate surface area is 176 Å². The highest BCUT2D eigenvalue weighted by Crippen LogP contribution is 2.17. The van der Waals surface area contributed by atoms with Crippen molar-refractivity contribution in [1.29, 1.82) is 0 Å². The van der Waals surface area contributed by atoms with Crippen molar-refractivity contribution in [3.63, 3.8) is 0 Å². The van der Waals surface area contributed by atoms with Gasteiger partial charge in [-0.15, -0.1) is 0 Å². The summed E-state index contributed by atoms with van der Waals surface area (Å²) in [6.07, 6.45) is 1.49. The maximum atomic E-state index is 12.3. The maximum Gasteiger partial charge on any atom is 0.412 e. The zero-order chi connectivity index (χ0) is 22.1. The first-order valence-electron chi connectivity index (χ1n) is 9.57. The van der Waals surface area contributed by atoms with Gasteiger partial charge in [-0.2, -0.15) is 0 Å². The van der Waals surface area contributed by atoms with Crippen LogP contribution in [0.2, 0.25) is 0 Å². The van der Waals surface area contributed by atoms with E-state index in [2.05, 4.69) is 22.5 Å². The highest BCUT2D eigenvalue weighted by molar-refractivity contribution is 5.98. The topological polar surface area (TPSA) is 96.5 Å². The van der Waals surface area contributed by atoms with E-state index in [-0.39, 0.29) is 11.8 Å². The summed E-state index contributed by atoms with van der Waals surface area (Å²) < 4.78 is 5.22. The number of benzene rings is 2. The van der Waals surface area contributed by atoms with Gasteiger partial charge in [0.2, 0.25) is 11.8 Å². The number of hydrogen-bond acceptors (Lipinski definition) is 4. The largest absolute Gasteiger partial charge is 0.444 e. The van der Waals surface area contributed by atoms with Crippen molar-refractivity contribution < 1.29 is 19.1 Å². The molecular weight excluding hydrogens is 382 g/mol. The van der Waals surface area contributed by atoms with Gasteiger partial charge in [-0.1, -0.05) is 24.8 Å². The zero-order valence-corrected chi connectivity index (χ0v) is 17.5. The van der Waals surface area contributed by atoms with Crippen LogP contribution in [0.3, 0.4) is 0 Å². The third kappa shape index (κ3) is 8.18. The summed E-state index contributed by atoms with van der Waals surface area (Å²) >= 11 is 0. The number of ether oxygens (including phenoxy) is 1. The van der Waals surface area contributed by atoms with E-state index in [4.69, 9.17) is 4.74 Å². The molecule has 3 N–H and O–H groups in total. The monoisotopic (exact) mass is 409 g/mol. The number of nitrogens with one attached hydrogen (secondary N) is 3. The minimum absolute atomic E-state index is 0.145. The molecule has 0 aliphatic heterocycles. The molecule has 2 rings (SSSR count). The minimum Gasteiger partial charge on any atom is -0.444 e. The van der Waals surface area contributed by atoms with Gasteiger partial charge < -0.3 is 15.4 Å². The van der Waals surface area contributed by atoms with Crippen molar-refractivity contribution >= 4 is 35.0 Å². The van der Waals surface area contributed by atoms with Crippen LogP contribution >= 0.6 is 0 Å². The third-order valence-electron chi connectivity index (χ3n) is 3.84. The standard InChI is InChI=1S/C23H27N3O4/c1-5-20(27)24-17-12-9-16(10-13-17)11-14-21(28)25-18-7-6-8-19(15-18)26-22(29)30-23(2,3)4/h5-10,12-13,15H,1,11,14H2,2-4H3,(H,24,27)(H,25,28)(H,26,29). The van der Waals surface area contributed by atoms with Gasteiger partial charge >= 0.3 is 6.09 Å². The maximum absolute atomic E-state index is 12.3. The van der Waals surface area contributed by atoms with Gasteiger partial charge in [0, 0.05) is 23.5 Å². The van der Waals surface area contributed by atoms with E-state index in [0.717, 1.165) is 5.56 Å². The smallest absolute Gasteiger partial charge is 0.412 e. The van der Waals surface area contributed by atoms with Crippen molar-refractivity contribution in [1.82, 2.24) is 0 Å². The quantitative estimate of drug-likeness (QED) is 0.576. The summed E-state index contributed by atoms with van der Waals surface area (Å²) in [5.74, 6) is -0.418. The fourth-order valence-electron chi connectivity index (χ4n) is 2.53. The van der Waals surface area contributed by atoms with E-state index in [1.807, 2.05) is 12.1 Å². The molecular formula is C23H27N3O4. The average molecular weight is 409 g/mol. The lowest BCUT2D eigenvalue weighted by molar-refractivity contribution is -0.116. The molecule has 2 aromatic carbocycles. The molecule has 158 valence electrons. The van der Waals surface area contributed by atoms with Crippen LogP contribution in [-0.2, 0) is 20.7 Å². The fraction of sp³-hybridized carbons (Fsp3) is 0.261. The predicted molar refractivity (Wildman–Crippen MR) is 119 cm³/mol. The number of carbonyl (C=O) groups excluding carboxylic acids is 3. The van der Waals surface area contributed by atoms with Gasteiger partial charge in [0.15, 0.2) is 0 Å². The first-order chi connectivity index (χ1) is 14.1. The molecule has 0 aliphatic rings. The van der Waals surface area contributed by atoms with Gasteiger partial charge in [-0.25, -0.2) is 4.79 Å². The van der Waals surface area contributed by atoms with Crippen LogP contribution in [0.1, 0.15) is 32.8 Å². The Bertz CT molecular complexity index is 915. The summed E-state index contributed by atoms with van der Waals surface area (Å²) in [6.45, 7) is 8.76. The van der Waals surface area contributed by atoms with Crippen molar-refractivity contribution in [2.75, 3.05) is 16.0 Å². The Morgan fingerprint density at radius 2 is 1.57 bits per heavy atom. The molecule has 30 heavy (non-hydrogen) atoms. The molecule has 0 radical (unpaired) electrons. The van der Waals surface area contributed by atoms with Crippen LogP contribution in [0.5, 0.6) is 0 Å². The normalized spacial score (nSPS) is 10.6. The Hall–Kier alpha value is -3.61. The zero-order valence-electron chi connectivity index (χ0n) is 17.5. The summed E-state index contributed by atoms with van der Waals surface area (Å²) in [4.78, 5) is 35.4. The highest BCUT2D eigenvalue weighted by atomic mass is 16.6. The second-order valence-corrected chi connectivity index (χ2v) is 7.65. The van der Waals surface area contributed by atoms with E-state index in [1.54, 1.807) is 57.2 Å². The second-order valence-electron chi connectivity index (χ2n) is 7.65. The summed E-state index contributed by atoms with van der Waals surface area (Å²) in [5.41, 5.74) is 2.16. The average Bonchev–Trinajstić information content (AvgIpc) is 2.66. The lowest BCUT2D eigenvalue weighted by Crippen LogP contribution is -2.27. The van der Waals surface area contributed by atoms with Crippen LogP contribution in [0.15, 0.2) is 61.2 Å². The van der Waals surface area contributed by atoms with Crippen LogP contribution in [-0.4, -0.2) is 23.5 Å². The van der Waals surface area contributed by atoms with Crippen LogP contribution in [0, 0.1) is 0 Å².